The maximum Gasteiger partial charge on any atom is 0.272 e. The van der Waals surface area contributed by atoms with Crippen LogP contribution in [-0.4, -0.2) is 40.2 Å². The monoisotopic (exact) mass is 398 g/mol. The van der Waals surface area contributed by atoms with Crippen molar-refractivity contribution in [1.29, 1.82) is 0 Å². The van der Waals surface area contributed by atoms with E-state index in [-0.39, 0.29) is 11.6 Å². The number of nitrogens with zero attached hydrogens (tertiary/aromatic N) is 3. The Morgan fingerprint density at radius 3 is 2.36 bits per heavy atom. The minimum Gasteiger partial charge on any atom is -0.326 e. The summed E-state index contributed by atoms with van der Waals surface area (Å²) in [7, 11) is 0. The Labute approximate surface area is 167 Å². The van der Waals surface area contributed by atoms with Gasteiger partial charge in [-0.1, -0.05) is 35.9 Å². The summed E-state index contributed by atoms with van der Waals surface area (Å²) in [6.07, 6.45) is 1.45. The second-order valence-corrected chi connectivity index (χ2v) is 7.59. The highest BCUT2D eigenvalue weighted by atomic mass is 35.5. The number of nitrogens with one attached hydrogen (secondary N) is 1. The molecule has 1 saturated heterocycles. The minimum absolute atomic E-state index is 0.0964. The number of hydrogen-bond acceptors (Lipinski definition) is 5. The Morgan fingerprint density at radius 2 is 1.75 bits per heavy atom. The number of nitro benzene ring substituents is 1. The number of rotatable bonds is 4. The van der Waals surface area contributed by atoms with Crippen LogP contribution in [-0.2, 0) is 11.3 Å². The number of aliphatic imine (C=N–C) groups is 1. The van der Waals surface area contributed by atoms with E-state index in [0.717, 1.165) is 43.6 Å². The van der Waals surface area contributed by atoms with Gasteiger partial charge in [0.15, 0.2) is 0 Å². The summed E-state index contributed by atoms with van der Waals surface area (Å²) in [4.78, 5) is 29.8. The molecule has 28 heavy (non-hydrogen) atoms. The molecular weight excluding hydrogens is 380 g/mol. The number of nitro groups is 1. The van der Waals surface area contributed by atoms with Gasteiger partial charge in [-0.2, -0.15) is 0 Å². The van der Waals surface area contributed by atoms with Crippen molar-refractivity contribution in [1.82, 2.24) is 10.2 Å². The van der Waals surface area contributed by atoms with E-state index in [4.69, 9.17) is 16.6 Å². The van der Waals surface area contributed by atoms with E-state index in [0.29, 0.717) is 10.7 Å². The average Bonchev–Trinajstić information content (AvgIpc) is 3.01. The van der Waals surface area contributed by atoms with Crippen LogP contribution in [0.2, 0.25) is 5.02 Å². The van der Waals surface area contributed by atoms with Gasteiger partial charge in [0.25, 0.3) is 11.6 Å². The highest BCUT2D eigenvalue weighted by Gasteiger charge is 2.42. The van der Waals surface area contributed by atoms with Crippen molar-refractivity contribution in [2.75, 3.05) is 13.1 Å². The summed E-state index contributed by atoms with van der Waals surface area (Å²) in [6.45, 7) is 2.29. The van der Waals surface area contributed by atoms with E-state index in [1.165, 1.54) is 12.1 Å². The molecule has 0 atom stereocenters. The standard InChI is InChI=1S/C20H19ClN4O3/c21-16-5-3-15(4-6-16)18-19(26)23-20(22-18)9-11-24(12-10-20)13-14-1-7-17(8-2-14)25(27)28/h1-8H,9-13H2,(H,23,26). The Bertz CT molecular complexity index is 933. The van der Waals surface area contributed by atoms with E-state index >= 15 is 0 Å². The maximum absolute atomic E-state index is 12.4. The van der Waals surface area contributed by atoms with Gasteiger partial charge >= 0.3 is 0 Å². The fourth-order valence-corrected chi connectivity index (χ4v) is 3.79. The zero-order valence-corrected chi connectivity index (χ0v) is 15.9. The average molecular weight is 399 g/mol. The molecule has 2 aliphatic heterocycles. The lowest BCUT2D eigenvalue weighted by atomic mass is 9.97. The molecule has 0 unspecified atom stereocenters. The second kappa shape index (κ2) is 7.33. The molecule has 0 aromatic heterocycles. The first-order chi connectivity index (χ1) is 13.4. The molecule has 0 aliphatic carbocycles. The highest BCUT2D eigenvalue weighted by Crippen LogP contribution is 2.30. The molecule has 0 radical (unpaired) electrons. The van der Waals surface area contributed by atoms with Crippen molar-refractivity contribution >= 4 is 28.9 Å². The van der Waals surface area contributed by atoms with Crippen LogP contribution in [0.5, 0.6) is 0 Å². The largest absolute Gasteiger partial charge is 0.326 e. The van der Waals surface area contributed by atoms with Gasteiger partial charge in [-0.15, -0.1) is 0 Å². The Kier molecular flexibility index (Phi) is 4.87. The van der Waals surface area contributed by atoms with Crippen LogP contribution >= 0.6 is 11.6 Å². The fourth-order valence-electron chi connectivity index (χ4n) is 3.67. The number of halogens is 1. The topological polar surface area (TPSA) is 87.8 Å². The lowest BCUT2D eigenvalue weighted by Crippen LogP contribution is -2.50. The fraction of sp³-hybridized carbons (Fsp3) is 0.300. The lowest BCUT2D eigenvalue weighted by Gasteiger charge is -2.37. The Morgan fingerprint density at radius 1 is 1.11 bits per heavy atom. The van der Waals surface area contributed by atoms with Crippen molar-refractivity contribution < 1.29 is 9.72 Å². The predicted molar refractivity (Wildman–Crippen MR) is 106 cm³/mol. The number of amides is 1. The van der Waals surface area contributed by atoms with Gasteiger partial charge < -0.3 is 5.32 Å². The molecule has 0 saturated carbocycles. The Hall–Kier alpha value is -2.77. The molecule has 0 bridgehead atoms. The summed E-state index contributed by atoms with van der Waals surface area (Å²) in [5.74, 6) is -0.147. The molecule has 2 heterocycles. The van der Waals surface area contributed by atoms with Gasteiger partial charge in [-0.25, -0.2) is 0 Å². The number of piperidine rings is 1. The minimum atomic E-state index is -0.544. The van der Waals surface area contributed by atoms with Crippen LogP contribution in [0.4, 0.5) is 5.69 Å². The number of carbonyl (C=O) groups excluding carboxylic acids is 1. The molecule has 7 nitrogen and oxygen atoms in total. The third kappa shape index (κ3) is 3.76. The number of hydrogen-bond donors (Lipinski definition) is 1. The predicted octanol–water partition coefficient (Wildman–Crippen LogP) is 3.16. The SMILES string of the molecule is O=C1NC2(CCN(Cc3ccc([N+](=O)[O-])cc3)CC2)N=C1c1ccc(Cl)cc1. The first-order valence-corrected chi connectivity index (χ1v) is 9.46. The summed E-state index contributed by atoms with van der Waals surface area (Å²) >= 11 is 5.92. The van der Waals surface area contributed by atoms with E-state index in [9.17, 15) is 14.9 Å². The normalized spacial score (nSPS) is 18.8. The molecule has 1 amide bonds. The van der Waals surface area contributed by atoms with Gasteiger partial charge in [0.1, 0.15) is 11.4 Å². The van der Waals surface area contributed by atoms with Gasteiger partial charge in [-0.3, -0.25) is 24.8 Å². The molecule has 8 heteroatoms. The quantitative estimate of drug-likeness (QED) is 0.633. The maximum atomic E-state index is 12.4. The van der Waals surface area contributed by atoms with Crippen molar-refractivity contribution in [3.8, 4) is 0 Å². The van der Waals surface area contributed by atoms with Gasteiger partial charge in [-0.05, 0) is 17.7 Å². The van der Waals surface area contributed by atoms with Crippen LogP contribution in [0.3, 0.4) is 0 Å². The zero-order valence-electron chi connectivity index (χ0n) is 15.1. The summed E-state index contributed by atoms with van der Waals surface area (Å²) in [5.41, 5.74) is 1.81. The van der Waals surface area contributed by atoms with E-state index in [1.54, 1.807) is 24.3 Å². The molecule has 144 valence electrons. The third-order valence-corrected chi connectivity index (χ3v) is 5.49. The van der Waals surface area contributed by atoms with Crippen LogP contribution in [0.1, 0.15) is 24.0 Å². The summed E-state index contributed by atoms with van der Waals surface area (Å²) in [6, 6.07) is 13.8. The van der Waals surface area contributed by atoms with Crippen molar-refractivity contribution in [2.24, 2.45) is 4.99 Å². The van der Waals surface area contributed by atoms with Crippen molar-refractivity contribution in [3.05, 3.63) is 74.8 Å². The molecule has 2 aromatic rings. The summed E-state index contributed by atoms with van der Waals surface area (Å²) in [5, 5.41) is 14.4. The number of benzene rings is 2. The van der Waals surface area contributed by atoms with Gasteiger partial charge in [0, 0.05) is 55.2 Å². The number of likely N-dealkylation sites (tertiary alicyclic amines) is 1. The van der Waals surface area contributed by atoms with E-state index < -0.39 is 10.6 Å². The van der Waals surface area contributed by atoms with Crippen LogP contribution in [0.15, 0.2) is 53.5 Å². The smallest absolute Gasteiger partial charge is 0.272 e. The molecule has 4 rings (SSSR count). The Balaban J connectivity index is 1.41. The molecule has 2 aromatic carbocycles. The first-order valence-electron chi connectivity index (χ1n) is 9.08. The van der Waals surface area contributed by atoms with Crippen LogP contribution < -0.4 is 5.32 Å². The second-order valence-electron chi connectivity index (χ2n) is 7.15. The zero-order chi connectivity index (χ0) is 19.7. The highest BCUT2D eigenvalue weighted by molar-refractivity contribution is 6.47. The summed E-state index contributed by atoms with van der Waals surface area (Å²) < 4.78 is 0. The lowest BCUT2D eigenvalue weighted by molar-refractivity contribution is -0.384. The van der Waals surface area contributed by atoms with E-state index in [2.05, 4.69) is 10.2 Å². The van der Waals surface area contributed by atoms with Crippen LogP contribution in [0.25, 0.3) is 0 Å². The molecule has 1 N–H and O–H groups in total. The third-order valence-electron chi connectivity index (χ3n) is 5.24. The van der Waals surface area contributed by atoms with Gasteiger partial charge in [0.2, 0.25) is 0 Å². The van der Waals surface area contributed by atoms with Crippen molar-refractivity contribution in [3.63, 3.8) is 0 Å². The van der Waals surface area contributed by atoms with Crippen LogP contribution in [0, 0.1) is 10.1 Å². The van der Waals surface area contributed by atoms with Gasteiger partial charge in [0.05, 0.1) is 4.92 Å². The van der Waals surface area contributed by atoms with E-state index in [1.807, 2.05) is 12.1 Å². The molecule has 1 fully saturated rings. The number of carbonyl (C=O) groups is 1. The first kappa shape index (κ1) is 18.6. The molecule has 1 spiro atoms. The molecule has 2 aliphatic rings. The number of non-ortho nitro benzene ring substituents is 1. The van der Waals surface area contributed by atoms with Crippen molar-refractivity contribution in [2.45, 2.75) is 25.0 Å². The molecular formula is C20H19ClN4O3.